The van der Waals surface area contributed by atoms with Crippen LogP contribution in [0.2, 0.25) is 0 Å². The van der Waals surface area contributed by atoms with Gasteiger partial charge in [-0.05, 0) is 201 Å². The summed E-state index contributed by atoms with van der Waals surface area (Å²) in [5, 5.41) is 0. The Balaban J connectivity index is 0.000000232. The SMILES string of the molecule is C=C(C)C(=O)OCc1ccc(-c2ccc(/C=C/c3ccc(N4CCOc5cc(C)ccc5N5CCOCCOCCN(CCOCCOCC5)c5ccc(C)cc5OCC4)c(OCCOC)c3)s2)s1.C=CC(=O)OCc1ccc(-c2ccc(/C=C/c3ccc(N4CCOc5cc(C)ccc5N5CCOCCOCCN(CCOCCOCC5)c5ccc(C)cc5OCC4)c(OCCOC)c3)s2)s1. The van der Waals surface area contributed by atoms with Crippen LogP contribution in [0.1, 0.15) is 59.8 Å². The Hall–Kier alpha value is -10.8. The molecule has 734 valence electrons. The third-order valence-electron chi connectivity index (χ3n) is 22.7. The quantitative estimate of drug-likeness (QED) is 0.0266. The van der Waals surface area contributed by atoms with Crippen LogP contribution in [-0.2, 0) is 79.6 Å². The smallest absolute Gasteiger partial charge is 0.333 e. The highest BCUT2D eigenvalue weighted by molar-refractivity contribution is 7.23. The van der Waals surface area contributed by atoms with Crippen molar-refractivity contribution in [3.05, 3.63) is 235 Å². The lowest BCUT2D eigenvalue weighted by atomic mass is 10.1. The van der Waals surface area contributed by atoms with Crippen LogP contribution in [0.5, 0.6) is 34.5 Å². The number of fused-ring (bicyclic) bond motifs is 40. The number of rotatable bonds is 22. The molecular formula is C107H132N6O20S4. The molecule has 26 nitrogen and oxygen atoms in total. The lowest BCUT2D eigenvalue weighted by Crippen LogP contribution is -2.34. The Labute approximate surface area is 823 Å². The molecule has 0 unspecified atom stereocenters. The molecular weight excluding hydrogens is 1820 g/mol. The third-order valence-corrected chi connectivity index (χ3v) is 27.3. The number of aryl methyl sites for hydroxylation is 4. The van der Waals surface area contributed by atoms with Crippen LogP contribution in [0.3, 0.4) is 0 Å². The van der Waals surface area contributed by atoms with Gasteiger partial charge in [-0.1, -0.05) is 61.7 Å². The van der Waals surface area contributed by atoms with Gasteiger partial charge in [0.25, 0.3) is 0 Å². The zero-order chi connectivity index (χ0) is 95.6. The van der Waals surface area contributed by atoms with E-state index in [1.165, 1.54) is 6.08 Å². The molecule has 0 saturated carbocycles. The number of esters is 2. The van der Waals surface area contributed by atoms with Crippen molar-refractivity contribution in [1.82, 2.24) is 0 Å². The van der Waals surface area contributed by atoms with Crippen molar-refractivity contribution in [3.8, 4) is 54.0 Å². The van der Waals surface area contributed by atoms with E-state index in [9.17, 15) is 9.59 Å². The second-order valence-corrected chi connectivity index (χ2v) is 37.6. The first-order valence-corrected chi connectivity index (χ1v) is 50.3. The summed E-state index contributed by atoms with van der Waals surface area (Å²) >= 11 is 6.64. The summed E-state index contributed by atoms with van der Waals surface area (Å²) in [5.74, 6) is 3.87. The summed E-state index contributed by atoms with van der Waals surface area (Å²) in [6, 6.07) is 54.7. The Morgan fingerprint density at radius 2 is 0.613 bits per heavy atom. The first-order chi connectivity index (χ1) is 67.1. The fourth-order valence-corrected chi connectivity index (χ4v) is 19.3. The number of ether oxygens (including phenoxy) is 18. The van der Waals surface area contributed by atoms with Crippen molar-refractivity contribution in [1.29, 1.82) is 0 Å². The van der Waals surface area contributed by atoms with Crippen molar-refractivity contribution in [2.45, 2.75) is 47.8 Å². The Bertz CT molecular complexity index is 5280. The molecule has 30 heteroatoms. The standard InChI is InChI=1S/C54H67N3O10S2.C53H65N3O10S2/c1-40(2)54(58)67-39-45-12-17-53(69-45)52-16-11-44(68-52)10-8-43-9-15-48(51(38-43)66-35-30-59-5)57-22-28-64-49-36-41(3)6-13-46(49)55-18-24-60-31-33-62-26-20-56(21-27-63-34-32-61-25-19-55)47-14-7-42(4)37-50(47)65-29-23-57;1-5-53(57)66-39-44-12-17-52(68-44)51-16-11-43(67-51)10-8-42-9-15-47(50(38-42)65-35-30-58-4)56-22-28-63-48-36-40(2)6-13-45(48)54-18-24-59-31-33-61-26-20-55(21-27-62-34-32-60-25-19-54)46-14-7-41(3)37-49(46)64-29-23-56/h6-17,36-38H,1,18-35,39H2,2-5H3;5-17,36-38H,1,18-35,39H2,2-4H3/b2*10-8+. The zero-order valence-corrected chi connectivity index (χ0v) is 83.4. The Kier molecular flexibility index (Phi) is 42.6. The van der Waals surface area contributed by atoms with E-state index in [0.29, 0.717) is 243 Å². The second-order valence-electron chi connectivity index (χ2n) is 33.0. The molecule has 10 aromatic rings. The molecule has 6 aromatic carbocycles. The maximum absolute atomic E-state index is 11.9. The zero-order valence-electron chi connectivity index (χ0n) is 80.2. The fourth-order valence-electron chi connectivity index (χ4n) is 15.5. The van der Waals surface area contributed by atoms with Crippen LogP contribution in [0.4, 0.5) is 34.1 Å². The van der Waals surface area contributed by atoms with Gasteiger partial charge >= 0.3 is 11.9 Å². The van der Waals surface area contributed by atoms with Gasteiger partial charge < -0.3 is 115 Å². The predicted octanol–water partition coefficient (Wildman–Crippen LogP) is 18.8. The summed E-state index contributed by atoms with van der Waals surface area (Å²) in [5.41, 5.74) is 12.6. The van der Waals surface area contributed by atoms with Crippen LogP contribution in [-0.4, -0.2) is 263 Å². The molecule has 0 atom stereocenters. The summed E-state index contributed by atoms with van der Waals surface area (Å²) in [6.07, 6.45) is 9.65. The van der Waals surface area contributed by atoms with E-state index < -0.39 is 5.97 Å². The van der Waals surface area contributed by atoms with Crippen molar-refractivity contribution >= 4 is 116 Å². The van der Waals surface area contributed by atoms with Crippen molar-refractivity contribution in [2.75, 3.05) is 281 Å². The largest absolute Gasteiger partial charge is 0.490 e. The fraction of sp³-hybridized carbons (Fsp3) is 0.421. The normalized spacial score (nSPS) is 16.3. The number of thiophene rings is 4. The number of hydrogen-bond donors (Lipinski definition) is 0. The molecule has 16 rings (SSSR count). The highest BCUT2D eigenvalue weighted by Gasteiger charge is 2.25. The Morgan fingerprint density at radius 1 is 0.328 bits per heavy atom. The van der Waals surface area contributed by atoms with Gasteiger partial charge in [-0.25, -0.2) is 9.59 Å². The van der Waals surface area contributed by atoms with E-state index in [4.69, 9.17) is 85.3 Å². The molecule has 10 heterocycles. The lowest BCUT2D eigenvalue weighted by molar-refractivity contribution is -0.140. The van der Waals surface area contributed by atoms with E-state index in [0.717, 1.165) is 141 Å². The molecule has 2 fully saturated rings. The monoisotopic (exact) mass is 1950 g/mol. The van der Waals surface area contributed by atoms with E-state index >= 15 is 0 Å². The third kappa shape index (κ3) is 33.2. The van der Waals surface area contributed by atoms with Crippen LogP contribution in [0.25, 0.3) is 43.8 Å². The van der Waals surface area contributed by atoms with Gasteiger partial charge in [-0.3, -0.25) is 0 Å². The Morgan fingerprint density at radius 3 is 0.920 bits per heavy atom. The van der Waals surface area contributed by atoms with Gasteiger partial charge in [0.1, 0.15) is 87.4 Å². The lowest BCUT2D eigenvalue weighted by Gasteiger charge is -2.30. The van der Waals surface area contributed by atoms with Crippen molar-refractivity contribution < 1.29 is 94.9 Å². The molecule has 0 amide bonds. The highest BCUT2D eigenvalue weighted by Crippen LogP contribution is 2.41. The number of nitrogens with zero attached hydrogens (tertiary/aromatic N) is 6. The average molecular weight is 1950 g/mol. The van der Waals surface area contributed by atoms with Crippen LogP contribution in [0.15, 0.2) is 183 Å². The summed E-state index contributed by atoms with van der Waals surface area (Å²) in [7, 11) is 3.36. The van der Waals surface area contributed by atoms with E-state index in [1.54, 1.807) is 66.5 Å². The van der Waals surface area contributed by atoms with Gasteiger partial charge in [0.05, 0.1) is 179 Å². The van der Waals surface area contributed by atoms with Gasteiger partial charge in [0.2, 0.25) is 0 Å². The van der Waals surface area contributed by atoms with Crippen LogP contribution >= 0.6 is 45.3 Å². The van der Waals surface area contributed by atoms with Gasteiger partial charge in [-0.2, -0.15) is 0 Å². The van der Waals surface area contributed by atoms with Crippen LogP contribution in [0, 0.1) is 27.7 Å². The number of carbonyl (C=O) groups is 2. The second kappa shape index (κ2) is 56.3. The molecule has 0 radical (unpaired) electrons. The van der Waals surface area contributed by atoms with E-state index in [1.807, 2.05) is 12.1 Å². The molecule has 0 aliphatic carbocycles. The number of benzene rings is 6. The molecule has 2 saturated heterocycles. The minimum absolute atomic E-state index is 0.230. The maximum atomic E-state index is 11.9. The van der Waals surface area contributed by atoms with Crippen molar-refractivity contribution in [2.24, 2.45) is 0 Å². The highest BCUT2D eigenvalue weighted by atomic mass is 32.1. The van der Waals surface area contributed by atoms with Crippen LogP contribution < -0.4 is 57.8 Å². The molecule has 0 N–H and O–H groups in total. The maximum Gasteiger partial charge on any atom is 0.333 e. The van der Waals surface area contributed by atoms with Crippen molar-refractivity contribution in [3.63, 3.8) is 0 Å². The summed E-state index contributed by atoms with van der Waals surface area (Å²) < 4.78 is 110. The number of anilines is 6. The summed E-state index contributed by atoms with van der Waals surface area (Å²) in [6.45, 7) is 36.6. The molecule has 6 aliphatic rings. The topological polar surface area (TPSA) is 220 Å². The molecule has 4 bridgehead atoms. The van der Waals surface area contributed by atoms with E-state index in [2.05, 4.69) is 240 Å². The minimum Gasteiger partial charge on any atom is -0.490 e. The number of methoxy groups -OCH3 is 2. The first-order valence-electron chi connectivity index (χ1n) is 47.0. The number of carbonyl (C=O) groups excluding carboxylic acids is 2. The van der Waals surface area contributed by atoms with Gasteiger partial charge in [0.15, 0.2) is 0 Å². The van der Waals surface area contributed by atoms with E-state index in [-0.39, 0.29) is 19.2 Å². The summed E-state index contributed by atoms with van der Waals surface area (Å²) in [4.78, 5) is 45.9. The predicted molar refractivity (Wildman–Crippen MR) is 552 cm³/mol. The van der Waals surface area contributed by atoms with Gasteiger partial charge in [-0.15, -0.1) is 45.3 Å². The number of hydrogen-bond acceptors (Lipinski definition) is 30. The average Bonchev–Trinajstić information content (AvgIpc) is 1.64. The first kappa shape index (κ1) is 104. The molecule has 137 heavy (non-hydrogen) atoms. The molecule has 6 aliphatic heterocycles. The molecule has 0 spiro atoms. The van der Waals surface area contributed by atoms with Gasteiger partial charge in [0, 0.05) is 117 Å². The molecule has 4 aromatic heterocycles. The minimum atomic E-state index is -0.429.